The van der Waals surface area contributed by atoms with Crippen LogP contribution in [0.15, 0.2) is 24.3 Å². The molecule has 0 radical (unpaired) electrons. The second-order valence-corrected chi connectivity index (χ2v) is 4.74. The van der Waals surface area contributed by atoms with E-state index in [1.807, 2.05) is 31.2 Å². The largest absolute Gasteiger partial charge is 0.365 e. The molecule has 1 saturated heterocycles. The van der Waals surface area contributed by atoms with Crippen LogP contribution in [-0.4, -0.2) is 25.2 Å². The second kappa shape index (κ2) is 5.50. The van der Waals surface area contributed by atoms with Crippen molar-refractivity contribution in [2.75, 3.05) is 11.9 Å². The lowest BCUT2D eigenvalue weighted by molar-refractivity contribution is -0.128. The molecule has 1 amide bonds. The van der Waals surface area contributed by atoms with E-state index in [2.05, 4.69) is 0 Å². The van der Waals surface area contributed by atoms with E-state index in [4.69, 9.17) is 10.5 Å². The molecular formula is C14H20N2O2. The fourth-order valence-electron chi connectivity index (χ4n) is 2.33. The average molecular weight is 248 g/mol. The van der Waals surface area contributed by atoms with E-state index in [9.17, 15) is 4.79 Å². The van der Waals surface area contributed by atoms with Crippen LogP contribution < -0.4 is 10.6 Å². The average Bonchev–Trinajstić information content (AvgIpc) is 2.83. The monoisotopic (exact) mass is 248 g/mol. The maximum absolute atomic E-state index is 12.3. The lowest BCUT2D eigenvalue weighted by atomic mass is 10.1. The minimum absolute atomic E-state index is 0.0141. The molecule has 0 saturated carbocycles. The van der Waals surface area contributed by atoms with Crippen LogP contribution in [0.4, 0.5) is 5.69 Å². The van der Waals surface area contributed by atoms with Crippen LogP contribution >= 0.6 is 0 Å². The lowest BCUT2D eigenvalue weighted by Crippen LogP contribution is -2.37. The number of para-hydroxylation sites is 1. The number of ether oxygens (including phenoxy) is 1. The van der Waals surface area contributed by atoms with Gasteiger partial charge in [0.15, 0.2) is 0 Å². The normalized spacial score (nSPS) is 23.1. The van der Waals surface area contributed by atoms with Crippen LogP contribution in [0.25, 0.3) is 0 Å². The van der Waals surface area contributed by atoms with Crippen molar-refractivity contribution in [3.8, 4) is 0 Å². The molecule has 2 unspecified atom stereocenters. The summed E-state index contributed by atoms with van der Waals surface area (Å²) in [6, 6.07) is 7.70. The molecule has 4 heteroatoms. The van der Waals surface area contributed by atoms with E-state index in [0.29, 0.717) is 6.54 Å². The third-order valence-corrected chi connectivity index (χ3v) is 3.41. The zero-order valence-corrected chi connectivity index (χ0v) is 10.9. The van der Waals surface area contributed by atoms with E-state index in [-0.39, 0.29) is 18.1 Å². The van der Waals surface area contributed by atoms with E-state index in [1.165, 1.54) is 0 Å². The van der Waals surface area contributed by atoms with Crippen molar-refractivity contribution in [2.24, 2.45) is 5.73 Å². The number of likely N-dealkylation sites (N-methyl/N-ethyl adjacent to an activating group) is 1. The fourth-order valence-corrected chi connectivity index (χ4v) is 2.33. The number of nitrogens with zero attached hydrogens (tertiary/aromatic N) is 1. The lowest BCUT2D eigenvalue weighted by Gasteiger charge is -2.23. The third-order valence-electron chi connectivity index (χ3n) is 3.41. The van der Waals surface area contributed by atoms with E-state index >= 15 is 0 Å². The van der Waals surface area contributed by atoms with Crippen molar-refractivity contribution in [2.45, 2.75) is 38.5 Å². The van der Waals surface area contributed by atoms with Gasteiger partial charge in [-0.15, -0.1) is 0 Å². The molecule has 4 nitrogen and oxygen atoms in total. The summed E-state index contributed by atoms with van der Waals surface area (Å²) in [4.78, 5) is 14.0. The van der Waals surface area contributed by atoms with Gasteiger partial charge in [0.05, 0.1) is 6.10 Å². The molecule has 98 valence electrons. The quantitative estimate of drug-likeness (QED) is 0.885. The molecular weight excluding hydrogens is 228 g/mol. The Morgan fingerprint density at radius 2 is 2.17 bits per heavy atom. The number of amides is 1. The van der Waals surface area contributed by atoms with Crippen molar-refractivity contribution >= 4 is 11.6 Å². The van der Waals surface area contributed by atoms with Crippen LogP contribution in [0.5, 0.6) is 0 Å². The number of nitrogens with two attached hydrogens (primary N) is 1. The number of benzene rings is 1. The Morgan fingerprint density at radius 3 is 2.78 bits per heavy atom. The van der Waals surface area contributed by atoms with Crippen molar-refractivity contribution in [1.29, 1.82) is 0 Å². The van der Waals surface area contributed by atoms with Crippen LogP contribution in [0, 0.1) is 0 Å². The maximum atomic E-state index is 12.3. The van der Waals surface area contributed by atoms with Gasteiger partial charge in [0.25, 0.3) is 5.91 Å². The summed E-state index contributed by atoms with van der Waals surface area (Å²) < 4.78 is 5.62. The minimum Gasteiger partial charge on any atom is -0.365 e. The van der Waals surface area contributed by atoms with Crippen LogP contribution in [0.1, 0.15) is 25.3 Å². The van der Waals surface area contributed by atoms with Crippen LogP contribution in [0.2, 0.25) is 0 Å². The highest BCUT2D eigenvalue weighted by atomic mass is 16.5. The summed E-state index contributed by atoms with van der Waals surface area (Å²) in [5.41, 5.74) is 7.54. The maximum Gasteiger partial charge on any atom is 0.255 e. The van der Waals surface area contributed by atoms with Gasteiger partial charge in [0.1, 0.15) is 6.10 Å². The predicted molar refractivity (Wildman–Crippen MR) is 71.3 cm³/mol. The van der Waals surface area contributed by atoms with Gasteiger partial charge < -0.3 is 15.4 Å². The number of anilines is 1. The molecule has 2 rings (SSSR count). The Hall–Kier alpha value is -1.39. The molecule has 1 heterocycles. The highest BCUT2D eigenvalue weighted by molar-refractivity contribution is 5.96. The Morgan fingerprint density at radius 1 is 1.44 bits per heavy atom. The van der Waals surface area contributed by atoms with Crippen molar-refractivity contribution in [3.63, 3.8) is 0 Å². The molecule has 1 fully saturated rings. The summed E-state index contributed by atoms with van der Waals surface area (Å²) in [7, 11) is 1.78. The number of carbonyl (C=O) groups excluding carboxylic acids is 1. The van der Waals surface area contributed by atoms with Crippen LogP contribution in [-0.2, 0) is 16.1 Å². The van der Waals surface area contributed by atoms with Gasteiger partial charge in [-0.1, -0.05) is 18.2 Å². The molecule has 0 aliphatic carbocycles. The Kier molecular flexibility index (Phi) is 3.99. The summed E-state index contributed by atoms with van der Waals surface area (Å²) >= 11 is 0. The van der Waals surface area contributed by atoms with Gasteiger partial charge >= 0.3 is 0 Å². The van der Waals surface area contributed by atoms with Gasteiger partial charge in [-0.05, 0) is 31.4 Å². The molecule has 1 aliphatic heterocycles. The highest BCUT2D eigenvalue weighted by Gasteiger charge is 2.31. The first-order chi connectivity index (χ1) is 8.63. The molecule has 0 spiro atoms. The standard InChI is InChI=1S/C14H20N2O2/c1-10-7-8-13(18-10)14(17)16(2)12-6-4-3-5-11(12)9-15/h3-6,10,13H,7-9,15H2,1-2H3. The van der Waals surface area contributed by atoms with Gasteiger partial charge in [0.2, 0.25) is 0 Å². The highest BCUT2D eigenvalue weighted by Crippen LogP contribution is 2.24. The van der Waals surface area contributed by atoms with E-state index in [1.54, 1.807) is 11.9 Å². The zero-order valence-electron chi connectivity index (χ0n) is 10.9. The Labute approximate surface area is 108 Å². The van der Waals surface area contributed by atoms with Crippen LogP contribution in [0.3, 0.4) is 0 Å². The number of hydrogen-bond donors (Lipinski definition) is 1. The van der Waals surface area contributed by atoms with Gasteiger partial charge in [0, 0.05) is 19.3 Å². The topological polar surface area (TPSA) is 55.6 Å². The first kappa shape index (κ1) is 13.1. The first-order valence-electron chi connectivity index (χ1n) is 6.34. The molecule has 1 aromatic carbocycles. The van der Waals surface area contributed by atoms with Crippen molar-refractivity contribution in [1.82, 2.24) is 0 Å². The molecule has 0 bridgehead atoms. The third kappa shape index (κ3) is 2.54. The SMILES string of the molecule is CC1CCC(C(=O)N(C)c2ccccc2CN)O1. The molecule has 18 heavy (non-hydrogen) atoms. The molecule has 1 aromatic rings. The molecule has 1 aliphatic rings. The summed E-state index contributed by atoms with van der Waals surface area (Å²) in [5, 5.41) is 0. The van der Waals surface area contributed by atoms with Crippen molar-refractivity contribution < 1.29 is 9.53 Å². The second-order valence-electron chi connectivity index (χ2n) is 4.74. The molecule has 0 aromatic heterocycles. The fraction of sp³-hybridized carbons (Fsp3) is 0.500. The van der Waals surface area contributed by atoms with E-state index in [0.717, 1.165) is 24.1 Å². The number of rotatable bonds is 3. The smallest absolute Gasteiger partial charge is 0.255 e. The molecule has 2 N–H and O–H groups in total. The number of hydrogen-bond acceptors (Lipinski definition) is 3. The zero-order chi connectivity index (χ0) is 13.1. The Balaban J connectivity index is 2.15. The summed E-state index contributed by atoms with van der Waals surface area (Å²) in [5.74, 6) is 0.0141. The minimum atomic E-state index is -0.309. The number of carbonyl (C=O) groups is 1. The first-order valence-corrected chi connectivity index (χ1v) is 6.34. The van der Waals surface area contributed by atoms with Crippen molar-refractivity contribution in [3.05, 3.63) is 29.8 Å². The van der Waals surface area contributed by atoms with Gasteiger partial charge in [-0.2, -0.15) is 0 Å². The molecule has 2 atom stereocenters. The summed E-state index contributed by atoms with van der Waals surface area (Å²) in [6.07, 6.45) is 1.62. The summed E-state index contributed by atoms with van der Waals surface area (Å²) in [6.45, 7) is 2.43. The van der Waals surface area contributed by atoms with Gasteiger partial charge in [-0.3, -0.25) is 4.79 Å². The predicted octanol–water partition coefficient (Wildman–Crippen LogP) is 1.68. The van der Waals surface area contributed by atoms with Gasteiger partial charge in [-0.25, -0.2) is 0 Å². The Bertz CT molecular complexity index is 434. The van der Waals surface area contributed by atoms with E-state index < -0.39 is 0 Å².